The summed E-state index contributed by atoms with van der Waals surface area (Å²) in [5.41, 5.74) is 5.11. The number of benzene rings is 2. The maximum atomic E-state index is 12.2. The molecule has 0 bridgehead atoms. The van der Waals surface area contributed by atoms with Gasteiger partial charge in [0.1, 0.15) is 0 Å². The number of rotatable bonds is 4. The standard InChI is InChI=1S/C20H18N2O3/c1-13-5-2-3-8-17(13)19-21-18(25-22-19)12-24-20(23)16-10-9-14-6-4-7-15(14)11-16/h2-3,5,8-11H,4,6-7,12H2,1H3. The van der Waals surface area contributed by atoms with Crippen LogP contribution < -0.4 is 0 Å². The second-order valence-electron chi connectivity index (χ2n) is 6.24. The summed E-state index contributed by atoms with van der Waals surface area (Å²) in [5, 5.41) is 3.97. The highest BCUT2D eigenvalue weighted by Crippen LogP contribution is 2.23. The molecule has 5 nitrogen and oxygen atoms in total. The average molecular weight is 334 g/mol. The van der Waals surface area contributed by atoms with Crippen molar-refractivity contribution in [2.75, 3.05) is 0 Å². The first-order valence-corrected chi connectivity index (χ1v) is 8.38. The fourth-order valence-electron chi connectivity index (χ4n) is 3.16. The van der Waals surface area contributed by atoms with Crippen LogP contribution in [0.25, 0.3) is 11.4 Å². The van der Waals surface area contributed by atoms with E-state index in [0.717, 1.165) is 30.4 Å². The monoisotopic (exact) mass is 334 g/mol. The Morgan fingerprint density at radius 3 is 2.88 bits per heavy atom. The second kappa shape index (κ2) is 6.51. The molecule has 0 saturated heterocycles. The summed E-state index contributed by atoms with van der Waals surface area (Å²) >= 11 is 0. The number of hydrogen-bond donors (Lipinski definition) is 0. The molecule has 0 spiro atoms. The SMILES string of the molecule is Cc1ccccc1-c1noc(COC(=O)c2ccc3c(c2)CCC3)n1. The molecule has 0 aliphatic heterocycles. The first-order valence-electron chi connectivity index (χ1n) is 8.38. The zero-order valence-electron chi connectivity index (χ0n) is 14.0. The van der Waals surface area contributed by atoms with Gasteiger partial charge >= 0.3 is 5.97 Å². The van der Waals surface area contributed by atoms with Gasteiger partial charge in [-0.1, -0.05) is 35.5 Å². The molecule has 2 aromatic carbocycles. The van der Waals surface area contributed by atoms with Gasteiger partial charge in [0, 0.05) is 5.56 Å². The summed E-state index contributed by atoms with van der Waals surface area (Å²) in [6.07, 6.45) is 3.27. The quantitative estimate of drug-likeness (QED) is 0.677. The van der Waals surface area contributed by atoms with Gasteiger partial charge in [0.25, 0.3) is 5.89 Å². The molecule has 1 heterocycles. The van der Waals surface area contributed by atoms with Gasteiger partial charge in [-0.25, -0.2) is 4.79 Å². The molecular formula is C20H18N2O3. The predicted octanol–water partition coefficient (Wildman–Crippen LogP) is 3.89. The van der Waals surface area contributed by atoms with Crippen molar-refractivity contribution in [2.45, 2.75) is 32.8 Å². The summed E-state index contributed by atoms with van der Waals surface area (Å²) in [5.74, 6) is 0.416. The third-order valence-corrected chi connectivity index (χ3v) is 4.51. The van der Waals surface area contributed by atoms with E-state index < -0.39 is 0 Å². The van der Waals surface area contributed by atoms with Crippen molar-refractivity contribution in [3.8, 4) is 11.4 Å². The van der Waals surface area contributed by atoms with Crippen LogP contribution >= 0.6 is 0 Å². The van der Waals surface area contributed by atoms with E-state index in [1.807, 2.05) is 49.4 Å². The lowest BCUT2D eigenvalue weighted by molar-refractivity contribution is 0.0429. The minimum absolute atomic E-state index is 0.0329. The van der Waals surface area contributed by atoms with E-state index in [9.17, 15) is 4.79 Å². The van der Waals surface area contributed by atoms with E-state index in [1.165, 1.54) is 11.1 Å². The minimum Gasteiger partial charge on any atom is -0.452 e. The van der Waals surface area contributed by atoms with Crippen LogP contribution in [0.3, 0.4) is 0 Å². The number of nitrogens with zero attached hydrogens (tertiary/aromatic N) is 2. The molecule has 0 radical (unpaired) electrons. The summed E-state index contributed by atoms with van der Waals surface area (Å²) < 4.78 is 10.5. The molecule has 0 N–H and O–H groups in total. The van der Waals surface area contributed by atoms with Crippen LogP contribution in [0, 0.1) is 6.92 Å². The highest BCUT2D eigenvalue weighted by atomic mass is 16.6. The molecule has 0 amide bonds. The largest absolute Gasteiger partial charge is 0.452 e. The number of hydrogen-bond acceptors (Lipinski definition) is 5. The van der Waals surface area contributed by atoms with Crippen molar-refractivity contribution >= 4 is 5.97 Å². The smallest absolute Gasteiger partial charge is 0.338 e. The van der Waals surface area contributed by atoms with Gasteiger partial charge in [0.05, 0.1) is 5.56 Å². The van der Waals surface area contributed by atoms with Crippen molar-refractivity contribution in [2.24, 2.45) is 0 Å². The minimum atomic E-state index is -0.370. The van der Waals surface area contributed by atoms with Crippen LogP contribution in [-0.2, 0) is 24.2 Å². The predicted molar refractivity (Wildman–Crippen MR) is 92.1 cm³/mol. The van der Waals surface area contributed by atoms with E-state index >= 15 is 0 Å². The topological polar surface area (TPSA) is 65.2 Å². The van der Waals surface area contributed by atoms with Crippen molar-refractivity contribution in [3.05, 3.63) is 70.6 Å². The fraction of sp³-hybridized carbons (Fsp3) is 0.250. The molecule has 0 unspecified atom stereocenters. The molecule has 126 valence electrons. The van der Waals surface area contributed by atoms with E-state index in [1.54, 1.807) is 0 Å². The van der Waals surface area contributed by atoms with Crippen LogP contribution in [-0.4, -0.2) is 16.1 Å². The Kier molecular flexibility index (Phi) is 4.06. The number of aryl methyl sites for hydroxylation is 3. The molecule has 3 aromatic rings. The fourth-order valence-corrected chi connectivity index (χ4v) is 3.16. The van der Waals surface area contributed by atoms with Gasteiger partial charge in [0.2, 0.25) is 5.82 Å². The van der Waals surface area contributed by atoms with Crippen LogP contribution in [0.15, 0.2) is 47.0 Å². The van der Waals surface area contributed by atoms with Crippen molar-refractivity contribution in [1.29, 1.82) is 0 Å². The van der Waals surface area contributed by atoms with Gasteiger partial charge in [0.15, 0.2) is 6.61 Å². The van der Waals surface area contributed by atoms with Crippen LogP contribution in [0.4, 0.5) is 0 Å². The average Bonchev–Trinajstić information content (AvgIpc) is 3.28. The van der Waals surface area contributed by atoms with Crippen molar-refractivity contribution < 1.29 is 14.1 Å². The summed E-state index contributed by atoms with van der Waals surface area (Å²) in [7, 11) is 0. The van der Waals surface area contributed by atoms with Crippen molar-refractivity contribution in [3.63, 3.8) is 0 Å². The number of carbonyl (C=O) groups excluding carboxylic acids is 1. The Morgan fingerprint density at radius 2 is 2.00 bits per heavy atom. The van der Waals surface area contributed by atoms with E-state index in [-0.39, 0.29) is 18.5 Å². The van der Waals surface area contributed by atoms with E-state index in [0.29, 0.717) is 11.4 Å². The Balaban J connectivity index is 1.43. The maximum Gasteiger partial charge on any atom is 0.338 e. The van der Waals surface area contributed by atoms with Crippen LogP contribution in [0.2, 0.25) is 0 Å². The molecule has 5 heteroatoms. The summed E-state index contributed by atoms with van der Waals surface area (Å²) in [4.78, 5) is 16.5. The number of carbonyl (C=O) groups is 1. The van der Waals surface area contributed by atoms with Crippen LogP contribution in [0.5, 0.6) is 0 Å². The Morgan fingerprint density at radius 1 is 1.16 bits per heavy atom. The highest BCUT2D eigenvalue weighted by Gasteiger charge is 2.16. The van der Waals surface area contributed by atoms with Crippen LogP contribution in [0.1, 0.15) is 39.4 Å². The molecule has 0 saturated carbocycles. The van der Waals surface area contributed by atoms with Gasteiger partial charge < -0.3 is 9.26 Å². The molecular weight excluding hydrogens is 316 g/mol. The van der Waals surface area contributed by atoms with Gasteiger partial charge in [-0.3, -0.25) is 0 Å². The summed E-state index contributed by atoms with van der Waals surface area (Å²) in [6, 6.07) is 13.6. The normalized spacial score (nSPS) is 12.8. The van der Waals surface area contributed by atoms with Gasteiger partial charge in [-0.15, -0.1) is 0 Å². The molecule has 1 aliphatic carbocycles. The number of ether oxygens (including phenoxy) is 1. The van der Waals surface area contributed by atoms with Gasteiger partial charge in [-0.2, -0.15) is 4.98 Å². The third-order valence-electron chi connectivity index (χ3n) is 4.51. The Labute approximate surface area is 145 Å². The lowest BCUT2D eigenvalue weighted by Gasteiger charge is -2.04. The number of aromatic nitrogens is 2. The summed E-state index contributed by atoms with van der Waals surface area (Å²) in [6.45, 7) is 1.95. The highest BCUT2D eigenvalue weighted by molar-refractivity contribution is 5.89. The third kappa shape index (κ3) is 3.18. The Hall–Kier alpha value is -2.95. The number of fused-ring (bicyclic) bond motifs is 1. The molecule has 4 rings (SSSR count). The van der Waals surface area contributed by atoms with Crippen molar-refractivity contribution in [1.82, 2.24) is 10.1 Å². The second-order valence-corrected chi connectivity index (χ2v) is 6.24. The van der Waals surface area contributed by atoms with E-state index in [4.69, 9.17) is 9.26 Å². The first kappa shape index (κ1) is 15.6. The molecule has 1 aliphatic rings. The molecule has 0 fully saturated rings. The first-order chi connectivity index (χ1) is 12.2. The maximum absolute atomic E-state index is 12.2. The Bertz CT molecular complexity index is 930. The zero-order chi connectivity index (χ0) is 17.2. The lowest BCUT2D eigenvalue weighted by atomic mass is 10.1. The molecule has 25 heavy (non-hydrogen) atoms. The lowest BCUT2D eigenvalue weighted by Crippen LogP contribution is -2.06. The van der Waals surface area contributed by atoms with E-state index in [2.05, 4.69) is 10.1 Å². The molecule has 0 atom stereocenters. The van der Waals surface area contributed by atoms with Gasteiger partial charge in [-0.05, 0) is 55.0 Å². The number of esters is 1. The zero-order valence-corrected chi connectivity index (χ0v) is 14.0. The molecule has 1 aromatic heterocycles.